The molecular weight excluding hydrogens is 389 g/mol. The predicted octanol–water partition coefficient (Wildman–Crippen LogP) is 4.97. The third kappa shape index (κ3) is 3.48. The van der Waals surface area contributed by atoms with Gasteiger partial charge < -0.3 is 5.32 Å². The lowest BCUT2D eigenvalue weighted by Crippen LogP contribution is -2.13. The van der Waals surface area contributed by atoms with E-state index < -0.39 is 17.8 Å². The normalized spacial score (nSPS) is 11.7. The Kier molecular flexibility index (Phi) is 4.38. The third-order valence-electron chi connectivity index (χ3n) is 4.11. The van der Waals surface area contributed by atoms with Gasteiger partial charge in [-0.25, -0.2) is 4.98 Å². The van der Waals surface area contributed by atoms with E-state index in [4.69, 9.17) is 0 Å². The van der Waals surface area contributed by atoms with Crippen molar-refractivity contribution in [3.8, 4) is 11.1 Å². The number of anilines is 1. The van der Waals surface area contributed by atoms with Crippen LogP contribution in [0.3, 0.4) is 0 Å². The van der Waals surface area contributed by atoms with Crippen molar-refractivity contribution in [1.29, 1.82) is 0 Å². The molecule has 28 heavy (non-hydrogen) atoms. The van der Waals surface area contributed by atoms with Crippen molar-refractivity contribution in [2.75, 3.05) is 5.32 Å². The first-order chi connectivity index (χ1) is 13.3. The van der Waals surface area contributed by atoms with Gasteiger partial charge in [0, 0.05) is 30.3 Å². The minimum atomic E-state index is -4.57. The molecule has 0 bridgehead atoms. The zero-order chi connectivity index (χ0) is 19.9. The van der Waals surface area contributed by atoms with Gasteiger partial charge >= 0.3 is 6.18 Å². The summed E-state index contributed by atoms with van der Waals surface area (Å²) in [5, 5.41) is 6.64. The third-order valence-corrected chi connectivity index (χ3v) is 5.17. The molecule has 0 saturated heterocycles. The van der Waals surface area contributed by atoms with Gasteiger partial charge in [-0.15, -0.1) is 11.3 Å². The lowest BCUT2D eigenvalue weighted by molar-refractivity contribution is -0.141. The Labute approximate surface area is 161 Å². The van der Waals surface area contributed by atoms with Crippen molar-refractivity contribution < 1.29 is 18.0 Å². The van der Waals surface area contributed by atoms with E-state index in [2.05, 4.69) is 15.4 Å². The number of aromatic nitrogens is 3. The Morgan fingerprint density at radius 3 is 2.54 bits per heavy atom. The molecule has 3 heterocycles. The number of carbonyl (C=O) groups is 1. The molecule has 4 aromatic rings. The van der Waals surface area contributed by atoms with Crippen LogP contribution in [0.2, 0.25) is 0 Å². The number of rotatable bonds is 3. The molecule has 0 aliphatic rings. The lowest BCUT2D eigenvalue weighted by atomic mass is 10.1. The highest BCUT2D eigenvalue weighted by atomic mass is 32.1. The second-order valence-electron chi connectivity index (χ2n) is 6.09. The molecule has 0 atom stereocenters. The van der Waals surface area contributed by atoms with Crippen LogP contribution in [-0.2, 0) is 13.2 Å². The SMILES string of the molecule is Cn1nc(C(F)(F)F)cc1NC(=O)c1cc2cc(-c3ccccc3)cnc2s1. The van der Waals surface area contributed by atoms with Gasteiger partial charge in [0.25, 0.3) is 5.91 Å². The molecule has 0 aliphatic heterocycles. The van der Waals surface area contributed by atoms with Crippen LogP contribution in [0, 0.1) is 0 Å². The van der Waals surface area contributed by atoms with Crippen molar-refractivity contribution in [2.45, 2.75) is 6.18 Å². The van der Waals surface area contributed by atoms with E-state index in [1.807, 2.05) is 36.4 Å². The first kappa shape index (κ1) is 18.2. The van der Waals surface area contributed by atoms with Gasteiger partial charge in [0.1, 0.15) is 10.6 Å². The molecule has 3 aromatic heterocycles. The number of halogens is 3. The fraction of sp³-hybridized carbons (Fsp3) is 0.105. The Morgan fingerprint density at radius 1 is 1.11 bits per heavy atom. The molecule has 0 aliphatic carbocycles. The van der Waals surface area contributed by atoms with Gasteiger partial charge in [-0.3, -0.25) is 9.48 Å². The summed E-state index contributed by atoms with van der Waals surface area (Å²) >= 11 is 1.17. The van der Waals surface area contributed by atoms with Crippen molar-refractivity contribution >= 4 is 33.3 Å². The van der Waals surface area contributed by atoms with Gasteiger partial charge in [-0.05, 0) is 17.7 Å². The minimum absolute atomic E-state index is 0.0345. The van der Waals surface area contributed by atoms with E-state index in [9.17, 15) is 18.0 Å². The molecule has 0 unspecified atom stereocenters. The van der Waals surface area contributed by atoms with Crippen molar-refractivity contribution in [2.24, 2.45) is 7.05 Å². The standard InChI is InChI=1S/C19H13F3N4OS/c1-26-16(9-15(25-26)19(20,21)22)24-17(27)14-8-12-7-13(10-23-18(12)28-14)11-5-3-2-4-6-11/h2-10H,1H3,(H,24,27). The van der Waals surface area contributed by atoms with Crippen LogP contribution in [0.1, 0.15) is 15.4 Å². The van der Waals surface area contributed by atoms with E-state index in [1.54, 1.807) is 12.3 Å². The van der Waals surface area contributed by atoms with Crippen molar-refractivity contribution in [3.05, 3.63) is 65.3 Å². The molecule has 1 amide bonds. The average Bonchev–Trinajstić information content (AvgIpc) is 3.25. The molecule has 142 valence electrons. The smallest absolute Gasteiger partial charge is 0.306 e. The van der Waals surface area contributed by atoms with Crippen LogP contribution in [0.5, 0.6) is 0 Å². The molecule has 0 radical (unpaired) electrons. The van der Waals surface area contributed by atoms with Gasteiger partial charge in [0.2, 0.25) is 0 Å². The second-order valence-corrected chi connectivity index (χ2v) is 7.12. The summed E-state index contributed by atoms with van der Waals surface area (Å²) in [7, 11) is 1.34. The highest BCUT2D eigenvalue weighted by Gasteiger charge is 2.34. The second kappa shape index (κ2) is 6.75. The van der Waals surface area contributed by atoms with Crippen molar-refractivity contribution in [3.63, 3.8) is 0 Å². The van der Waals surface area contributed by atoms with Crippen LogP contribution in [0.25, 0.3) is 21.3 Å². The van der Waals surface area contributed by atoms with Gasteiger partial charge in [0.15, 0.2) is 5.69 Å². The van der Waals surface area contributed by atoms with Gasteiger partial charge in [-0.1, -0.05) is 30.3 Å². The Morgan fingerprint density at radius 2 is 1.86 bits per heavy atom. The van der Waals surface area contributed by atoms with E-state index in [1.165, 1.54) is 18.4 Å². The van der Waals surface area contributed by atoms with Crippen LogP contribution >= 0.6 is 11.3 Å². The fourth-order valence-electron chi connectivity index (χ4n) is 2.73. The van der Waals surface area contributed by atoms with E-state index in [0.717, 1.165) is 27.3 Å². The highest BCUT2D eigenvalue weighted by Crippen LogP contribution is 2.31. The number of nitrogens with zero attached hydrogens (tertiary/aromatic N) is 3. The molecule has 4 rings (SSSR count). The predicted molar refractivity (Wildman–Crippen MR) is 101 cm³/mol. The maximum atomic E-state index is 12.8. The fourth-order valence-corrected chi connectivity index (χ4v) is 3.61. The van der Waals surface area contributed by atoms with Gasteiger partial charge in [0.05, 0.1) is 4.88 Å². The molecule has 5 nitrogen and oxygen atoms in total. The van der Waals surface area contributed by atoms with E-state index >= 15 is 0 Å². The largest absolute Gasteiger partial charge is 0.435 e. The number of fused-ring (bicyclic) bond motifs is 1. The number of benzene rings is 1. The van der Waals surface area contributed by atoms with Crippen LogP contribution in [0.15, 0.2) is 54.7 Å². The summed E-state index contributed by atoms with van der Waals surface area (Å²) in [6.45, 7) is 0. The molecule has 0 spiro atoms. The number of amides is 1. The number of hydrogen-bond donors (Lipinski definition) is 1. The monoisotopic (exact) mass is 402 g/mol. The Balaban J connectivity index is 1.61. The first-order valence-corrected chi connectivity index (χ1v) is 9.00. The summed E-state index contributed by atoms with van der Waals surface area (Å²) in [5.74, 6) is -0.547. The number of carbonyl (C=O) groups excluding carboxylic acids is 1. The number of aryl methyl sites for hydroxylation is 1. The number of hydrogen-bond acceptors (Lipinski definition) is 4. The van der Waals surface area contributed by atoms with Crippen molar-refractivity contribution in [1.82, 2.24) is 14.8 Å². The number of alkyl halides is 3. The lowest BCUT2D eigenvalue weighted by Gasteiger charge is -2.02. The minimum Gasteiger partial charge on any atom is -0.306 e. The maximum absolute atomic E-state index is 12.8. The molecular formula is C19H13F3N4OS. The number of thiophene rings is 1. The maximum Gasteiger partial charge on any atom is 0.435 e. The zero-order valence-corrected chi connectivity index (χ0v) is 15.3. The molecule has 1 N–H and O–H groups in total. The first-order valence-electron chi connectivity index (χ1n) is 8.19. The Bertz CT molecular complexity index is 1170. The van der Waals surface area contributed by atoms with Crippen LogP contribution in [-0.4, -0.2) is 20.7 Å². The average molecular weight is 402 g/mol. The number of nitrogens with one attached hydrogen (secondary N) is 1. The quantitative estimate of drug-likeness (QED) is 0.526. The molecule has 1 aromatic carbocycles. The summed E-state index contributed by atoms with van der Waals surface area (Å²) in [4.78, 5) is 17.9. The summed E-state index contributed by atoms with van der Waals surface area (Å²) in [6, 6.07) is 14.1. The van der Waals surface area contributed by atoms with Crippen LogP contribution in [0.4, 0.5) is 19.0 Å². The Hall–Kier alpha value is -3.20. The topological polar surface area (TPSA) is 59.8 Å². The molecule has 9 heteroatoms. The summed E-state index contributed by atoms with van der Waals surface area (Å²) < 4.78 is 39.3. The zero-order valence-electron chi connectivity index (χ0n) is 14.5. The van der Waals surface area contributed by atoms with Gasteiger partial charge in [-0.2, -0.15) is 18.3 Å². The molecule has 0 saturated carbocycles. The number of pyridine rings is 1. The highest BCUT2D eigenvalue weighted by molar-refractivity contribution is 7.20. The summed E-state index contributed by atoms with van der Waals surface area (Å²) in [6.07, 6.45) is -2.84. The van der Waals surface area contributed by atoms with Crippen LogP contribution < -0.4 is 5.32 Å². The molecule has 0 fully saturated rings. The van der Waals surface area contributed by atoms with E-state index in [0.29, 0.717) is 9.71 Å². The van der Waals surface area contributed by atoms with E-state index in [-0.39, 0.29) is 5.82 Å². The summed E-state index contributed by atoms with van der Waals surface area (Å²) in [5.41, 5.74) is 0.860.